The summed E-state index contributed by atoms with van der Waals surface area (Å²) in [6, 6.07) is 11.2. The van der Waals surface area contributed by atoms with Crippen LogP contribution in [-0.4, -0.2) is 41.0 Å². The first-order valence-corrected chi connectivity index (χ1v) is 9.10. The molecule has 2 aliphatic heterocycles. The van der Waals surface area contributed by atoms with E-state index >= 15 is 0 Å². The normalized spacial score (nSPS) is 21.9. The Labute approximate surface area is 164 Å². The van der Waals surface area contributed by atoms with Crippen LogP contribution in [0, 0.1) is 6.92 Å². The van der Waals surface area contributed by atoms with Crippen molar-refractivity contribution in [3.05, 3.63) is 40.9 Å². The summed E-state index contributed by atoms with van der Waals surface area (Å²) in [4.78, 5) is 20.4. The molecule has 1 aromatic heterocycles. The van der Waals surface area contributed by atoms with Crippen molar-refractivity contribution in [3.8, 4) is 10.6 Å². The third kappa shape index (κ3) is 4.17. The topological polar surface area (TPSA) is 45.2 Å². The zero-order valence-electron chi connectivity index (χ0n) is 14.1. The summed E-state index contributed by atoms with van der Waals surface area (Å²) in [5, 5.41) is 4.56. The molecular formula is C18H23Cl2N3OS. The minimum absolute atomic E-state index is 0. The van der Waals surface area contributed by atoms with Crippen LogP contribution in [0.1, 0.15) is 34.6 Å². The molecule has 25 heavy (non-hydrogen) atoms. The summed E-state index contributed by atoms with van der Waals surface area (Å²) in [6.45, 7) is 3.62. The summed E-state index contributed by atoms with van der Waals surface area (Å²) in [7, 11) is 0. The van der Waals surface area contributed by atoms with Gasteiger partial charge in [0.1, 0.15) is 9.88 Å². The molecular weight excluding hydrogens is 377 g/mol. The van der Waals surface area contributed by atoms with Crippen molar-refractivity contribution in [2.75, 3.05) is 13.1 Å². The maximum Gasteiger partial charge on any atom is 0.265 e. The van der Waals surface area contributed by atoms with E-state index in [4.69, 9.17) is 0 Å². The van der Waals surface area contributed by atoms with E-state index in [0.29, 0.717) is 12.1 Å². The molecule has 0 spiro atoms. The van der Waals surface area contributed by atoms with E-state index in [-0.39, 0.29) is 30.7 Å². The number of hydrogen-bond acceptors (Lipinski definition) is 4. The van der Waals surface area contributed by atoms with Gasteiger partial charge < -0.3 is 10.2 Å². The summed E-state index contributed by atoms with van der Waals surface area (Å²) in [5.74, 6) is 0.150. The number of aryl methyl sites for hydroxylation is 1. The first-order chi connectivity index (χ1) is 11.2. The average molecular weight is 400 g/mol. The third-order valence-electron chi connectivity index (χ3n) is 4.82. The van der Waals surface area contributed by atoms with E-state index in [2.05, 4.69) is 10.3 Å². The largest absolute Gasteiger partial charge is 0.336 e. The minimum atomic E-state index is 0. The Morgan fingerprint density at radius 1 is 1.16 bits per heavy atom. The standard InChI is InChI=1S/C18H21N3OS.2ClH/c1-12-16(23-17(19-12)13-5-3-2-4-6-13)18(22)21-10-9-14-7-8-15(11-21)20-14;;/h2-6,14-15,20H,7-11H2,1H3;2*1H. The maximum atomic E-state index is 13.0. The van der Waals surface area contributed by atoms with Gasteiger partial charge in [-0.05, 0) is 26.2 Å². The summed E-state index contributed by atoms with van der Waals surface area (Å²) < 4.78 is 0. The van der Waals surface area contributed by atoms with Gasteiger partial charge >= 0.3 is 0 Å². The van der Waals surface area contributed by atoms with Gasteiger partial charge in [0.25, 0.3) is 5.91 Å². The van der Waals surface area contributed by atoms with Gasteiger partial charge in [-0.3, -0.25) is 4.79 Å². The van der Waals surface area contributed by atoms with Gasteiger partial charge in [-0.15, -0.1) is 36.2 Å². The van der Waals surface area contributed by atoms with E-state index in [9.17, 15) is 4.79 Å². The Hall–Kier alpha value is -1.14. The molecule has 2 fully saturated rings. The Morgan fingerprint density at radius 3 is 2.64 bits per heavy atom. The highest BCUT2D eigenvalue weighted by Crippen LogP contribution is 2.30. The van der Waals surface area contributed by atoms with E-state index in [1.54, 1.807) is 0 Å². The second-order valence-corrected chi connectivity index (χ2v) is 7.48. The SMILES string of the molecule is Cc1nc(-c2ccccc2)sc1C(=O)N1CCC2CCC(C1)N2.Cl.Cl. The molecule has 3 heterocycles. The lowest BCUT2D eigenvalue weighted by Crippen LogP contribution is -2.39. The highest BCUT2D eigenvalue weighted by Gasteiger charge is 2.32. The van der Waals surface area contributed by atoms with Crippen LogP contribution >= 0.6 is 36.2 Å². The number of benzene rings is 1. The smallest absolute Gasteiger partial charge is 0.265 e. The Kier molecular flexibility index (Phi) is 6.86. The summed E-state index contributed by atoms with van der Waals surface area (Å²) >= 11 is 1.52. The van der Waals surface area contributed by atoms with E-state index in [1.165, 1.54) is 24.2 Å². The molecule has 2 unspecified atom stereocenters. The molecule has 7 heteroatoms. The van der Waals surface area contributed by atoms with Crippen molar-refractivity contribution in [2.45, 2.75) is 38.3 Å². The van der Waals surface area contributed by atoms with Crippen LogP contribution in [0.3, 0.4) is 0 Å². The number of nitrogens with one attached hydrogen (secondary N) is 1. The molecule has 4 nitrogen and oxygen atoms in total. The Balaban J connectivity index is 0.00000113. The van der Waals surface area contributed by atoms with Crippen molar-refractivity contribution in [3.63, 3.8) is 0 Å². The van der Waals surface area contributed by atoms with Gasteiger partial charge in [-0.25, -0.2) is 4.98 Å². The molecule has 2 saturated heterocycles. The van der Waals surface area contributed by atoms with Gasteiger partial charge in [0.15, 0.2) is 0 Å². The second-order valence-electron chi connectivity index (χ2n) is 6.48. The van der Waals surface area contributed by atoms with Gasteiger partial charge in [0.05, 0.1) is 5.69 Å². The van der Waals surface area contributed by atoms with Crippen LogP contribution in [0.25, 0.3) is 10.6 Å². The van der Waals surface area contributed by atoms with Crippen molar-refractivity contribution in [1.29, 1.82) is 0 Å². The van der Waals surface area contributed by atoms with Crippen LogP contribution < -0.4 is 5.32 Å². The van der Waals surface area contributed by atoms with Crippen LogP contribution in [0.4, 0.5) is 0 Å². The van der Waals surface area contributed by atoms with Gasteiger partial charge in [-0.2, -0.15) is 0 Å². The van der Waals surface area contributed by atoms with Crippen LogP contribution in [-0.2, 0) is 0 Å². The molecule has 136 valence electrons. The molecule has 0 aliphatic carbocycles. The molecule has 1 N–H and O–H groups in total. The van der Waals surface area contributed by atoms with Gasteiger partial charge in [0, 0.05) is 30.7 Å². The highest BCUT2D eigenvalue weighted by molar-refractivity contribution is 7.17. The number of hydrogen-bond donors (Lipinski definition) is 1. The van der Waals surface area contributed by atoms with E-state index < -0.39 is 0 Å². The number of fused-ring (bicyclic) bond motifs is 2. The number of rotatable bonds is 2. The zero-order chi connectivity index (χ0) is 15.8. The number of likely N-dealkylation sites (tertiary alicyclic amines) is 1. The van der Waals surface area contributed by atoms with Gasteiger partial charge in [0.2, 0.25) is 0 Å². The predicted molar refractivity (Wildman–Crippen MR) is 107 cm³/mol. The Morgan fingerprint density at radius 2 is 1.88 bits per heavy atom. The van der Waals surface area contributed by atoms with Crippen LogP contribution in [0.5, 0.6) is 0 Å². The molecule has 0 radical (unpaired) electrons. The lowest BCUT2D eigenvalue weighted by molar-refractivity contribution is 0.0752. The van der Waals surface area contributed by atoms with Crippen LogP contribution in [0.2, 0.25) is 0 Å². The molecule has 2 atom stereocenters. The lowest BCUT2D eigenvalue weighted by Gasteiger charge is -2.23. The molecule has 1 aromatic carbocycles. The minimum Gasteiger partial charge on any atom is -0.336 e. The third-order valence-corrected chi connectivity index (χ3v) is 6.02. The quantitative estimate of drug-likeness (QED) is 0.831. The first-order valence-electron chi connectivity index (χ1n) is 8.29. The predicted octanol–water partition coefficient (Wildman–Crippen LogP) is 3.93. The van der Waals surface area contributed by atoms with Crippen molar-refractivity contribution in [2.24, 2.45) is 0 Å². The number of carbonyl (C=O) groups is 1. The lowest BCUT2D eigenvalue weighted by atomic mass is 10.1. The number of aromatic nitrogens is 1. The summed E-state index contributed by atoms with van der Waals surface area (Å²) in [6.07, 6.45) is 3.50. The number of amides is 1. The monoisotopic (exact) mass is 399 g/mol. The molecule has 2 aliphatic rings. The fourth-order valence-corrected chi connectivity index (χ4v) is 4.61. The molecule has 1 amide bonds. The molecule has 2 aromatic rings. The average Bonchev–Trinajstić information content (AvgIpc) is 3.10. The Bertz CT molecular complexity index is 722. The first kappa shape index (κ1) is 20.2. The number of halogens is 2. The number of nitrogens with zero attached hydrogens (tertiary/aromatic N) is 2. The van der Waals surface area contributed by atoms with Crippen molar-refractivity contribution in [1.82, 2.24) is 15.2 Å². The van der Waals surface area contributed by atoms with E-state index in [1.807, 2.05) is 42.2 Å². The zero-order valence-corrected chi connectivity index (χ0v) is 16.6. The molecule has 4 rings (SSSR count). The highest BCUT2D eigenvalue weighted by atomic mass is 35.5. The molecule has 0 saturated carbocycles. The van der Waals surface area contributed by atoms with Gasteiger partial charge in [-0.1, -0.05) is 30.3 Å². The number of carbonyl (C=O) groups excluding carboxylic acids is 1. The van der Waals surface area contributed by atoms with Crippen molar-refractivity contribution < 1.29 is 4.79 Å². The molecule has 2 bridgehead atoms. The maximum absolute atomic E-state index is 13.0. The number of thiazole rings is 1. The fourth-order valence-electron chi connectivity index (χ4n) is 3.57. The van der Waals surface area contributed by atoms with Crippen molar-refractivity contribution >= 4 is 42.1 Å². The second kappa shape index (κ2) is 8.49. The van der Waals surface area contributed by atoms with E-state index in [0.717, 1.165) is 40.7 Å². The fraction of sp³-hybridized carbons (Fsp3) is 0.444. The summed E-state index contributed by atoms with van der Waals surface area (Å²) in [5.41, 5.74) is 1.93. The van der Waals surface area contributed by atoms with Crippen LogP contribution in [0.15, 0.2) is 30.3 Å².